The molecule has 2 aliphatic rings. The summed E-state index contributed by atoms with van der Waals surface area (Å²) in [6, 6.07) is 0. The second kappa shape index (κ2) is 7.07. The molecule has 0 saturated carbocycles. The zero-order chi connectivity index (χ0) is 14.5. The highest BCUT2D eigenvalue weighted by molar-refractivity contribution is 5.79. The Kier molecular flexibility index (Phi) is 5.40. The smallest absolute Gasteiger partial charge is 0.225 e. The molecule has 2 fully saturated rings. The fraction of sp³-hybridized carbons (Fsp3) is 0.867. The minimum Gasteiger partial charge on any atom is -0.396 e. The average Bonchev–Trinajstić information content (AvgIpc) is 2.47. The van der Waals surface area contributed by atoms with Gasteiger partial charge < -0.3 is 14.9 Å². The molecule has 0 spiro atoms. The third-order valence-electron chi connectivity index (χ3n) is 4.66. The molecule has 0 aliphatic carbocycles. The predicted octanol–water partition coefficient (Wildman–Crippen LogP) is 0.866. The van der Waals surface area contributed by atoms with Crippen LogP contribution in [-0.2, 0) is 9.59 Å². The lowest BCUT2D eigenvalue weighted by molar-refractivity contribution is -0.141. The van der Waals surface area contributed by atoms with Gasteiger partial charge >= 0.3 is 0 Å². The molecule has 2 rings (SSSR count). The minimum atomic E-state index is 0.0819. The molecule has 2 heterocycles. The summed E-state index contributed by atoms with van der Waals surface area (Å²) in [4.78, 5) is 27.7. The maximum absolute atomic E-state index is 12.5. The van der Waals surface area contributed by atoms with Crippen LogP contribution in [0.1, 0.15) is 39.0 Å². The van der Waals surface area contributed by atoms with E-state index in [0.717, 1.165) is 45.2 Å². The molecule has 0 aromatic heterocycles. The number of piperidine rings is 2. The number of likely N-dealkylation sites (tertiary alicyclic amines) is 2. The van der Waals surface area contributed by atoms with Crippen LogP contribution < -0.4 is 0 Å². The molecule has 2 saturated heterocycles. The van der Waals surface area contributed by atoms with Crippen LogP contribution in [0.2, 0.25) is 0 Å². The number of aliphatic hydroxyl groups is 1. The average molecular weight is 282 g/mol. The van der Waals surface area contributed by atoms with Gasteiger partial charge in [0.05, 0.1) is 0 Å². The van der Waals surface area contributed by atoms with Gasteiger partial charge in [-0.3, -0.25) is 9.59 Å². The van der Waals surface area contributed by atoms with E-state index in [2.05, 4.69) is 0 Å². The lowest BCUT2D eigenvalue weighted by Crippen LogP contribution is -2.47. The third kappa shape index (κ3) is 3.72. The van der Waals surface area contributed by atoms with Gasteiger partial charge in [-0.15, -0.1) is 0 Å². The van der Waals surface area contributed by atoms with Crippen molar-refractivity contribution in [3.05, 3.63) is 0 Å². The van der Waals surface area contributed by atoms with Gasteiger partial charge in [-0.1, -0.05) is 0 Å². The predicted molar refractivity (Wildman–Crippen MR) is 76.0 cm³/mol. The van der Waals surface area contributed by atoms with Gasteiger partial charge in [-0.25, -0.2) is 0 Å². The van der Waals surface area contributed by atoms with Crippen molar-refractivity contribution in [2.24, 2.45) is 11.8 Å². The Morgan fingerprint density at radius 1 is 1.10 bits per heavy atom. The third-order valence-corrected chi connectivity index (χ3v) is 4.66. The first-order chi connectivity index (χ1) is 9.61. The van der Waals surface area contributed by atoms with Crippen LogP contribution in [0.25, 0.3) is 0 Å². The number of nitrogens with zero attached hydrogens (tertiary/aromatic N) is 2. The highest BCUT2D eigenvalue weighted by Gasteiger charge is 2.31. The Morgan fingerprint density at radius 3 is 2.40 bits per heavy atom. The number of hydrogen-bond donors (Lipinski definition) is 1. The Hall–Kier alpha value is -1.10. The standard InChI is InChI=1S/C15H26N2O3/c1-12(19)16-8-4-14(5-9-16)15(20)17-7-2-3-13(11-17)6-10-18/h13-14,18H,2-11H2,1H3. The molecule has 5 nitrogen and oxygen atoms in total. The van der Waals surface area contributed by atoms with Crippen LogP contribution in [0.3, 0.4) is 0 Å². The van der Waals surface area contributed by atoms with E-state index < -0.39 is 0 Å². The van der Waals surface area contributed by atoms with E-state index in [9.17, 15) is 9.59 Å². The van der Waals surface area contributed by atoms with Crippen molar-refractivity contribution in [1.29, 1.82) is 0 Å². The van der Waals surface area contributed by atoms with Crippen molar-refractivity contribution in [3.63, 3.8) is 0 Å². The molecule has 1 unspecified atom stereocenters. The lowest BCUT2D eigenvalue weighted by atomic mass is 9.91. The van der Waals surface area contributed by atoms with Gasteiger partial charge in [0, 0.05) is 45.6 Å². The number of rotatable bonds is 3. The van der Waals surface area contributed by atoms with Crippen molar-refractivity contribution in [2.75, 3.05) is 32.8 Å². The molecule has 114 valence electrons. The fourth-order valence-corrected chi connectivity index (χ4v) is 3.38. The minimum absolute atomic E-state index is 0.0819. The molecule has 5 heteroatoms. The molecule has 0 aromatic carbocycles. The van der Waals surface area contributed by atoms with E-state index in [-0.39, 0.29) is 24.3 Å². The van der Waals surface area contributed by atoms with Crippen molar-refractivity contribution >= 4 is 11.8 Å². The molecule has 0 bridgehead atoms. The summed E-state index contributed by atoms with van der Waals surface area (Å²) in [6.07, 6.45) is 4.54. The van der Waals surface area contributed by atoms with Crippen molar-refractivity contribution in [2.45, 2.75) is 39.0 Å². The molecule has 1 N–H and O–H groups in total. The first kappa shape index (κ1) is 15.3. The van der Waals surface area contributed by atoms with Gasteiger partial charge in [0.15, 0.2) is 0 Å². The normalized spacial score (nSPS) is 24.8. The maximum atomic E-state index is 12.5. The Bertz CT molecular complexity index is 349. The first-order valence-electron chi connectivity index (χ1n) is 7.77. The van der Waals surface area contributed by atoms with Crippen molar-refractivity contribution < 1.29 is 14.7 Å². The Labute approximate surface area is 120 Å². The summed E-state index contributed by atoms with van der Waals surface area (Å²) in [6.45, 7) is 4.87. The van der Waals surface area contributed by atoms with E-state index in [1.54, 1.807) is 6.92 Å². The van der Waals surface area contributed by atoms with Crippen molar-refractivity contribution in [1.82, 2.24) is 9.80 Å². The monoisotopic (exact) mass is 282 g/mol. The van der Waals surface area contributed by atoms with Gasteiger partial charge in [0.25, 0.3) is 0 Å². The highest BCUT2D eigenvalue weighted by Crippen LogP contribution is 2.24. The second-order valence-corrected chi connectivity index (χ2v) is 6.09. The van der Waals surface area contributed by atoms with Gasteiger partial charge in [-0.05, 0) is 38.0 Å². The van der Waals surface area contributed by atoms with Crippen LogP contribution in [-0.4, -0.2) is 59.5 Å². The molecular formula is C15H26N2O3. The number of aliphatic hydroxyl groups excluding tert-OH is 1. The molecular weight excluding hydrogens is 256 g/mol. The van der Waals surface area contributed by atoms with Gasteiger partial charge in [0.1, 0.15) is 0 Å². The van der Waals surface area contributed by atoms with Gasteiger partial charge in [-0.2, -0.15) is 0 Å². The maximum Gasteiger partial charge on any atom is 0.225 e. The van der Waals surface area contributed by atoms with E-state index in [1.165, 1.54) is 0 Å². The second-order valence-electron chi connectivity index (χ2n) is 6.09. The fourth-order valence-electron chi connectivity index (χ4n) is 3.38. The molecule has 2 amide bonds. The van der Waals surface area contributed by atoms with Crippen LogP contribution in [0.4, 0.5) is 0 Å². The lowest BCUT2D eigenvalue weighted by Gasteiger charge is -2.37. The molecule has 20 heavy (non-hydrogen) atoms. The Morgan fingerprint density at radius 2 is 1.80 bits per heavy atom. The summed E-state index contributed by atoms with van der Waals surface area (Å²) in [5.41, 5.74) is 0. The highest BCUT2D eigenvalue weighted by atomic mass is 16.3. The van der Waals surface area contributed by atoms with Crippen LogP contribution in [0, 0.1) is 11.8 Å². The first-order valence-corrected chi connectivity index (χ1v) is 7.77. The van der Waals surface area contributed by atoms with Crippen LogP contribution in [0.15, 0.2) is 0 Å². The van der Waals surface area contributed by atoms with Crippen molar-refractivity contribution in [3.8, 4) is 0 Å². The molecule has 1 atom stereocenters. The Balaban J connectivity index is 1.84. The number of hydrogen-bond acceptors (Lipinski definition) is 3. The van der Waals surface area contributed by atoms with E-state index in [4.69, 9.17) is 5.11 Å². The van der Waals surface area contributed by atoms with E-state index in [1.807, 2.05) is 9.80 Å². The molecule has 0 aromatic rings. The topological polar surface area (TPSA) is 60.9 Å². The van der Waals surface area contributed by atoms with E-state index >= 15 is 0 Å². The SMILES string of the molecule is CC(=O)N1CCC(C(=O)N2CCCC(CCO)C2)CC1. The zero-order valence-corrected chi connectivity index (χ0v) is 12.4. The van der Waals surface area contributed by atoms with Crippen LogP contribution >= 0.6 is 0 Å². The summed E-state index contributed by atoms with van der Waals surface area (Å²) < 4.78 is 0. The largest absolute Gasteiger partial charge is 0.396 e. The summed E-state index contributed by atoms with van der Waals surface area (Å²) in [5, 5.41) is 9.03. The summed E-state index contributed by atoms with van der Waals surface area (Å²) >= 11 is 0. The quantitative estimate of drug-likeness (QED) is 0.835. The summed E-state index contributed by atoms with van der Waals surface area (Å²) in [7, 11) is 0. The number of amides is 2. The molecule has 2 aliphatic heterocycles. The van der Waals surface area contributed by atoms with E-state index in [0.29, 0.717) is 19.0 Å². The summed E-state index contributed by atoms with van der Waals surface area (Å²) in [5.74, 6) is 0.904. The number of carbonyl (C=O) groups excluding carboxylic acids is 2. The number of carbonyl (C=O) groups is 2. The van der Waals surface area contributed by atoms with Gasteiger partial charge in [0.2, 0.25) is 11.8 Å². The molecule has 0 radical (unpaired) electrons. The van der Waals surface area contributed by atoms with Crippen LogP contribution in [0.5, 0.6) is 0 Å². The zero-order valence-electron chi connectivity index (χ0n) is 12.4.